The molecule has 2 aromatic carbocycles. The van der Waals surface area contributed by atoms with Crippen LogP contribution in [-0.4, -0.2) is 67.7 Å². The molecule has 0 radical (unpaired) electrons. The number of nitrogens with zero attached hydrogens (tertiary/aromatic N) is 2. The van der Waals surface area contributed by atoms with Crippen molar-refractivity contribution in [1.29, 1.82) is 0 Å². The van der Waals surface area contributed by atoms with Crippen molar-refractivity contribution in [1.82, 2.24) is 10.2 Å². The maximum absolute atomic E-state index is 13.5. The van der Waals surface area contributed by atoms with Crippen molar-refractivity contribution >= 4 is 33.4 Å². The van der Waals surface area contributed by atoms with Gasteiger partial charge in [0.1, 0.15) is 17.7 Å². The zero-order valence-corrected chi connectivity index (χ0v) is 21.0. The van der Waals surface area contributed by atoms with Crippen LogP contribution in [0.2, 0.25) is 0 Å². The molecule has 2 heterocycles. The summed E-state index contributed by atoms with van der Waals surface area (Å²) >= 11 is 0. The summed E-state index contributed by atoms with van der Waals surface area (Å²) in [5, 5.41) is 14.1. The molecular weight excluding hydrogens is 491 g/mol. The number of likely N-dealkylation sites (tertiary alicyclic amines) is 1. The van der Waals surface area contributed by atoms with Crippen molar-refractivity contribution in [3.8, 4) is 5.75 Å². The number of hydrogen-bond acceptors (Lipinski definition) is 6. The summed E-state index contributed by atoms with van der Waals surface area (Å²) < 4.78 is 47.5. The fourth-order valence-electron chi connectivity index (χ4n) is 4.38. The van der Waals surface area contributed by atoms with Gasteiger partial charge in [-0.2, -0.15) is 0 Å². The number of amides is 2. The third kappa shape index (κ3) is 5.24. The molecule has 2 aromatic rings. The average molecular weight is 521 g/mol. The molecule has 0 spiro atoms. The van der Waals surface area contributed by atoms with E-state index in [1.807, 2.05) is 20.8 Å². The largest absolute Gasteiger partial charge is 0.484 e. The Kier molecular flexibility index (Phi) is 6.84. The molecule has 1 unspecified atom stereocenters. The fourth-order valence-corrected chi connectivity index (χ4v) is 5.87. The Morgan fingerprint density at radius 2 is 1.86 bits per heavy atom. The maximum Gasteiger partial charge on any atom is 0.409 e. The second-order valence-electron chi connectivity index (χ2n) is 9.76. The van der Waals surface area contributed by atoms with E-state index >= 15 is 0 Å². The summed E-state index contributed by atoms with van der Waals surface area (Å²) in [5.74, 6) is -0.522. The molecule has 3 N–H and O–H groups in total. The van der Waals surface area contributed by atoms with Gasteiger partial charge in [0.15, 0.2) is 0 Å². The predicted molar refractivity (Wildman–Crippen MR) is 131 cm³/mol. The summed E-state index contributed by atoms with van der Waals surface area (Å²) in [6.07, 6.45) is -1.28. The number of rotatable bonds is 6. The van der Waals surface area contributed by atoms with Gasteiger partial charge in [0.2, 0.25) is 5.91 Å². The highest BCUT2D eigenvalue weighted by atomic mass is 32.2. The van der Waals surface area contributed by atoms with Gasteiger partial charge in [-0.1, -0.05) is 0 Å². The summed E-state index contributed by atoms with van der Waals surface area (Å²) in [7, 11) is -4.16. The number of nitrogens with one attached hydrogen (secondary N) is 2. The van der Waals surface area contributed by atoms with Gasteiger partial charge in [-0.05, 0) is 69.7 Å². The topological polar surface area (TPSA) is 128 Å². The molecule has 1 saturated heterocycles. The fraction of sp³-hybridized carbons (Fsp3) is 0.417. The van der Waals surface area contributed by atoms with Crippen LogP contribution in [0.1, 0.15) is 27.2 Å². The molecule has 194 valence electrons. The first kappa shape index (κ1) is 25.7. The van der Waals surface area contributed by atoms with E-state index in [4.69, 9.17) is 9.84 Å². The number of hydrogen-bond donors (Lipinski definition) is 3. The van der Waals surface area contributed by atoms with E-state index in [1.165, 1.54) is 18.2 Å². The number of anilines is 2. The van der Waals surface area contributed by atoms with Gasteiger partial charge in [-0.3, -0.25) is 19.3 Å². The second-order valence-corrected chi connectivity index (χ2v) is 11.6. The number of fused-ring (bicyclic) bond motifs is 1. The summed E-state index contributed by atoms with van der Waals surface area (Å²) in [5.41, 5.74) is 0.136. The minimum Gasteiger partial charge on any atom is -0.484 e. The lowest BCUT2D eigenvalue weighted by molar-refractivity contribution is -0.135. The van der Waals surface area contributed by atoms with Crippen molar-refractivity contribution in [2.24, 2.45) is 0 Å². The Hall–Kier alpha value is -3.38. The summed E-state index contributed by atoms with van der Waals surface area (Å²) in [6, 6.07) is 8.43. The van der Waals surface area contributed by atoms with Gasteiger partial charge < -0.3 is 15.2 Å². The standard InChI is InChI=1S/C24H29FN4O6S/c1-24(2,3)28-11-10-19(28)22(30)26-13-17-14-29(36(33,34)18-7-4-15(25)5-8-18)20-12-16(27-23(31)32)6-9-21(20)35-17/h4-9,12,17,19,27H,10-11,13-14H2,1-3H3,(H,26,30)(H,31,32)/t17-,19?/m0/s1. The Balaban J connectivity index is 1.58. The number of halogens is 1. The highest BCUT2D eigenvalue weighted by Gasteiger charge is 2.41. The van der Waals surface area contributed by atoms with E-state index in [0.29, 0.717) is 0 Å². The van der Waals surface area contributed by atoms with Gasteiger partial charge in [0.25, 0.3) is 10.0 Å². The SMILES string of the molecule is CC(C)(C)N1CCC1C(=O)NC[C@H]1CN(S(=O)(=O)c2ccc(F)cc2)c2cc(NC(=O)O)ccc2O1. The molecule has 2 amide bonds. The molecule has 0 bridgehead atoms. The maximum atomic E-state index is 13.5. The van der Waals surface area contributed by atoms with Crippen LogP contribution in [0.15, 0.2) is 47.4 Å². The highest BCUT2D eigenvalue weighted by Crippen LogP contribution is 2.39. The Morgan fingerprint density at radius 3 is 2.44 bits per heavy atom. The van der Waals surface area contributed by atoms with Crippen LogP contribution in [-0.2, 0) is 14.8 Å². The van der Waals surface area contributed by atoms with Crippen LogP contribution >= 0.6 is 0 Å². The van der Waals surface area contributed by atoms with E-state index in [0.717, 1.165) is 41.5 Å². The minimum absolute atomic E-state index is 0.0668. The van der Waals surface area contributed by atoms with Crippen LogP contribution in [0.5, 0.6) is 5.75 Å². The molecule has 4 rings (SSSR count). The molecule has 36 heavy (non-hydrogen) atoms. The van der Waals surface area contributed by atoms with Crippen molar-refractivity contribution < 1.29 is 32.2 Å². The van der Waals surface area contributed by atoms with E-state index in [9.17, 15) is 22.4 Å². The zero-order chi connectivity index (χ0) is 26.3. The van der Waals surface area contributed by atoms with Crippen molar-refractivity contribution in [3.63, 3.8) is 0 Å². The van der Waals surface area contributed by atoms with Crippen LogP contribution in [0, 0.1) is 5.82 Å². The molecule has 0 saturated carbocycles. The minimum atomic E-state index is -4.16. The van der Waals surface area contributed by atoms with Gasteiger partial charge in [-0.25, -0.2) is 17.6 Å². The third-order valence-electron chi connectivity index (χ3n) is 6.23. The molecule has 2 atom stereocenters. The average Bonchev–Trinajstić information content (AvgIpc) is 2.75. The normalized spacial score (nSPS) is 20.1. The Labute approximate surface area is 209 Å². The molecule has 2 aliphatic heterocycles. The summed E-state index contributed by atoms with van der Waals surface area (Å²) in [6.45, 7) is 6.87. The van der Waals surface area contributed by atoms with Gasteiger partial charge in [0.05, 0.1) is 29.7 Å². The third-order valence-corrected chi connectivity index (χ3v) is 8.03. The Bertz CT molecular complexity index is 1260. The van der Waals surface area contributed by atoms with Crippen molar-refractivity contribution in [2.45, 2.75) is 49.8 Å². The molecule has 2 aliphatic rings. The van der Waals surface area contributed by atoms with E-state index in [1.54, 1.807) is 0 Å². The number of benzene rings is 2. The van der Waals surface area contributed by atoms with Gasteiger partial charge in [0, 0.05) is 17.8 Å². The lowest BCUT2D eigenvalue weighted by atomic mass is 9.93. The van der Waals surface area contributed by atoms with E-state index < -0.39 is 28.0 Å². The highest BCUT2D eigenvalue weighted by molar-refractivity contribution is 7.92. The number of carbonyl (C=O) groups excluding carboxylic acids is 1. The predicted octanol–water partition coefficient (Wildman–Crippen LogP) is 2.86. The van der Waals surface area contributed by atoms with E-state index in [-0.39, 0.29) is 52.6 Å². The van der Waals surface area contributed by atoms with E-state index in [2.05, 4.69) is 15.5 Å². The molecule has 1 fully saturated rings. The smallest absolute Gasteiger partial charge is 0.409 e. The van der Waals surface area contributed by atoms with Crippen LogP contribution < -0.4 is 19.7 Å². The van der Waals surface area contributed by atoms with Crippen LogP contribution in [0.4, 0.5) is 20.6 Å². The first-order valence-corrected chi connectivity index (χ1v) is 12.9. The monoisotopic (exact) mass is 520 g/mol. The molecular formula is C24H29FN4O6S. The molecule has 0 aliphatic carbocycles. The van der Waals surface area contributed by atoms with Gasteiger partial charge in [-0.15, -0.1) is 0 Å². The number of sulfonamides is 1. The Morgan fingerprint density at radius 1 is 1.17 bits per heavy atom. The molecule has 10 nitrogen and oxygen atoms in total. The number of carboxylic acid groups (broad SMARTS) is 1. The quantitative estimate of drug-likeness (QED) is 0.534. The second kappa shape index (κ2) is 9.58. The molecule has 0 aromatic heterocycles. The van der Waals surface area contributed by atoms with Crippen LogP contribution in [0.25, 0.3) is 0 Å². The van der Waals surface area contributed by atoms with Gasteiger partial charge >= 0.3 is 6.09 Å². The van der Waals surface area contributed by atoms with Crippen molar-refractivity contribution in [2.75, 3.05) is 29.3 Å². The molecule has 12 heteroatoms. The first-order chi connectivity index (χ1) is 16.9. The van der Waals surface area contributed by atoms with Crippen LogP contribution in [0.3, 0.4) is 0 Å². The lowest BCUT2D eigenvalue weighted by Crippen LogP contribution is -2.63. The lowest BCUT2D eigenvalue weighted by Gasteiger charge is -2.48. The summed E-state index contributed by atoms with van der Waals surface area (Å²) in [4.78, 5) is 25.9. The zero-order valence-electron chi connectivity index (χ0n) is 20.2. The number of carbonyl (C=O) groups is 2. The first-order valence-electron chi connectivity index (χ1n) is 11.5. The van der Waals surface area contributed by atoms with Crippen molar-refractivity contribution in [3.05, 3.63) is 48.3 Å². The number of ether oxygens (including phenoxy) is 1.